The van der Waals surface area contributed by atoms with E-state index in [4.69, 9.17) is 15.6 Å². The van der Waals surface area contributed by atoms with E-state index in [1.54, 1.807) is 0 Å². The van der Waals surface area contributed by atoms with Gasteiger partial charge in [-0.2, -0.15) is 0 Å². The standard InChI is InChI=1S/C12H16N2O4/c1-7(2)18-6-11(15)14-10-4-3-8(12(16)17)5-9(10)13/h3-5,7H,6,13H2,1-2H3,(H,14,15)(H,16,17). The number of ether oxygens (including phenoxy) is 1. The molecule has 0 radical (unpaired) electrons. The summed E-state index contributed by atoms with van der Waals surface area (Å²) in [6, 6.07) is 4.12. The molecule has 0 heterocycles. The molecule has 0 atom stereocenters. The highest BCUT2D eigenvalue weighted by Gasteiger charge is 2.09. The van der Waals surface area contributed by atoms with Crippen LogP contribution in [0.5, 0.6) is 0 Å². The van der Waals surface area contributed by atoms with Crippen LogP contribution in [0.4, 0.5) is 11.4 Å². The van der Waals surface area contributed by atoms with Crippen molar-refractivity contribution in [3.63, 3.8) is 0 Å². The van der Waals surface area contributed by atoms with Crippen LogP contribution in [0.2, 0.25) is 0 Å². The summed E-state index contributed by atoms with van der Waals surface area (Å²) in [4.78, 5) is 22.2. The number of hydrogen-bond donors (Lipinski definition) is 3. The highest BCUT2D eigenvalue weighted by molar-refractivity contribution is 5.96. The van der Waals surface area contributed by atoms with Crippen molar-refractivity contribution in [3.8, 4) is 0 Å². The molecule has 4 N–H and O–H groups in total. The van der Waals surface area contributed by atoms with Gasteiger partial charge in [-0.25, -0.2) is 4.79 Å². The Labute approximate surface area is 105 Å². The number of aromatic carboxylic acids is 1. The van der Waals surface area contributed by atoms with Crippen LogP contribution < -0.4 is 11.1 Å². The van der Waals surface area contributed by atoms with Crippen LogP contribution in [0.25, 0.3) is 0 Å². The van der Waals surface area contributed by atoms with E-state index >= 15 is 0 Å². The number of carboxylic acids is 1. The van der Waals surface area contributed by atoms with Crippen molar-refractivity contribution < 1.29 is 19.4 Å². The second-order valence-corrected chi connectivity index (χ2v) is 4.02. The Morgan fingerprint density at radius 3 is 2.61 bits per heavy atom. The van der Waals surface area contributed by atoms with E-state index in [0.29, 0.717) is 5.69 Å². The minimum Gasteiger partial charge on any atom is -0.478 e. The van der Waals surface area contributed by atoms with Crippen LogP contribution in [0, 0.1) is 0 Å². The number of carbonyl (C=O) groups is 2. The molecule has 0 saturated carbocycles. The van der Waals surface area contributed by atoms with Crippen molar-refractivity contribution in [3.05, 3.63) is 23.8 Å². The number of amides is 1. The number of nitrogens with two attached hydrogens (primary N) is 1. The fraction of sp³-hybridized carbons (Fsp3) is 0.333. The summed E-state index contributed by atoms with van der Waals surface area (Å²) >= 11 is 0. The van der Waals surface area contributed by atoms with Gasteiger partial charge in [0.25, 0.3) is 0 Å². The number of carboxylic acid groups (broad SMARTS) is 1. The van der Waals surface area contributed by atoms with E-state index in [-0.39, 0.29) is 29.9 Å². The first kappa shape index (κ1) is 14.0. The van der Waals surface area contributed by atoms with Crippen molar-refractivity contribution in [2.75, 3.05) is 17.7 Å². The van der Waals surface area contributed by atoms with E-state index < -0.39 is 5.97 Å². The van der Waals surface area contributed by atoms with E-state index in [1.165, 1.54) is 18.2 Å². The molecule has 0 saturated heterocycles. The summed E-state index contributed by atoms with van der Waals surface area (Å²) in [5, 5.41) is 11.3. The molecule has 6 heteroatoms. The van der Waals surface area contributed by atoms with Crippen molar-refractivity contribution >= 4 is 23.3 Å². The summed E-state index contributed by atoms with van der Waals surface area (Å²) in [6.07, 6.45) is -0.0394. The number of benzene rings is 1. The third-order valence-corrected chi connectivity index (χ3v) is 2.12. The summed E-state index contributed by atoms with van der Waals surface area (Å²) < 4.78 is 5.13. The summed E-state index contributed by atoms with van der Waals surface area (Å²) in [6.45, 7) is 3.57. The zero-order valence-electron chi connectivity index (χ0n) is 10.3. The number of nitrogen functional groups attached to an aromatic ring is 1. The molecule has 1 amide bonds. The molecule has 98 valence electrons. The molecule has 1 aromatic carbocycles. The Kier molecular flexibility index (Phi) is 4.67. The van der Waals surface area contributed by atoms with E-state index in [0.717, 1.165) is 0 Å². The number of hydrogen-bond acceptors (Lipinski definition) is 4. The average Bonchev–Trinajstić information content (AvgIpc) is 2.29. The normalized spacial score (nSPS) is 10.4. The van der Waals surface area contributed by atoms with Gasteiger partial charge in [-0.15, -0.1) is 0 Å². The molecule has 0 aliphatic rings. The smallest absolute Gasteiger partial charge is 0.335 e. The SMILES string of the molecule is CC(C)OCC(=O)Nc1ccc(C(=O)O)cc1N. The highest BCUT2D eigenvalue weighted by Crippen LogP contribution is 2.19. The monoisotopic (exact) mass is 252 g/mol. The van der Waals surface area contributed by atoms with Crippen LogP contribution in [0.3, 0.4) is 0 Å². The van der Waals surface area contributed by atoms with Crippen LogP contribution in [-0.2, 0) is 9.53 Å². The molecule has 0 bridgehead atoms. The third kappa shape index (κ3) is 4.06. The van der Waals surface area contributed by atoms with Crippen molar-refractivity contribution in [1.82, 2.24) is 0 Å². The molecule has 0 aromatic heterocycles. The molecule has 6 nitrogen and oxygen atoms in total. The van der Waals surface area contributed by atoms with E-state index in [2.05, 4.69) is 5.32 Å². The minimum atomic E-state index is -1.07. The van der Waals surface area contributed by atoms with Gasteiger partial charge in [0.15, 0.2) is 0 Å². The Bertz CT molecular complexity index is 457. The van der Waals surface area contributed by atoms with Gasteiger partial charge < -0.3 is 20.9 Å². The van der Waals surface area contributed by atoms with Crippen molar-refractivity contribution in [2.24, 2.45) is 0 Å². The highest BCUT2D eigenvalue weighted by atomic mass is 16.5. The molecule has 0 unspecified atom stereocenters. The van der Waals surface area contributed by atoms with Crippen LogP contribution in [0.1, 0.15) is 24.2 Å². The molecule has 0 aliphatic heterocycles. The van der Waals surface area contributed by atoms with Gasteiger partial charge in [0.2, 0.25) is 5.91 Å². The summed E-state index contributed by atoms with van der Waals surface area (Å²) in [5.74, 6) is -1.40. The predicted octanol–water partition coefficient (Wildman–Crippen LogP) is 1.33. The van der Waals surface area contributed by atoms with Gasteiger partial charge in [0.1, 0.15) is 6.61 Å². The van der Waals surface area contributed by atoms with Gasteiger partial charge in [-0.3, -0.25) is 4.79 Å². The molecule has 1 aromatic rings. The lowest BCUT2D eigenvalue weighted by molar-refractivity contribution is -0.121. The van der Waals surface area contributed by atoms with Gasteiger partial charge in [0, 0.05) is 0 Å². The Morgan fingerprint density at radius 2 is 2.11 bits per heavy atom. The first-order valence-electron chi connectivity index (χ1n) is 5.44. The molecule has 0 aliphatic carbocycles. The number of carbonyl (C=O) groups excluding carboxylic acids is 1. The predicted molar refractivity (Wildman–Crippen MR) is 67.5 cm³/mol. The summed E-state index contributed by atoms with van der Waals surface area (Å²) in [5.41, 5.74) is 6.29. The minimum absolute atomic E-state index is 0.0394. The molecule has 0 spiro atoms. The molecular weight excluding hydrogens is 236 g/mol. The maximum absolute atomic E-state index is 11.5. The topological polar surface area (TPSA) is 102 Å². The van der Waals surface area contributed by atoms with Gasteiger partial charge in [-0.05, 0) is 32.0 Å². The fourth-order valence-electron chi connectivity index (χ4n) is 1.24. The maximum atomic E-state index is 11.5. The van der Waals surface area contributed by atoms with Crippen molar-refractivity contribution in [2.45, 2.75) is 20.0 Å². The zero-order valence-corrected chi connectivity index (χ0v) is 10.3. The molecule has 18 heavy (non-hydrogen) atoms. The quantitative estimate of drug-likeness (QED) is 0.686. The number of rotatable bonds is 5. The second-order valence-electron chi connectivity index (χ2n) is 4.02. The first-order valence-corrected chi connectivity index (χ1v) is 5.44. The average molecular weight is 252 g/mol. The van der Waals surface area contributed by atoms with Gasteiger partial charge in [0.05, 0.1) is 23.0 Å². The molecule has 1 rings (SSSR count). The van der Waals surface area contributed by atoms with Gasteiger partial charge in [-0.1, -0.05) is 0 Å². The van der Waals surface area contributed by atoms with Crippen LogP contribution in [-0.4, -0.2) is 29.7 Å². The van der Waals surface area contributed by atoms with Crippen LogP contribution in [0.15, 0.2) is 18.2 Å². The number of anilines is 2. The molecule has 0 fully saturated rings. The lowest BCUT2D eigenvalue weighted by atomic mass is 10.2. The lowest BCUT2D eigenvalue weighted by Crippen LogP contribution is -2.21. The van der Waals surface area contributed by atoms with Crippen molar-refractivity contribution in [1.29, 1.82) is 0 Å². The van der Waals surface area contributed by atoms with E-state index in [1.807, 2.05) is 13.8 Å². The third-order valence-electron chi connectivity index (χ3n) is 2.12. The summed E-state index contributed by atoms with van der Waals surface area (Å²) in [7, 11) is 0. The van der Waals surface area contributed by atoms with E-state index in [9.17, 15) is 9.59 Å². The Morgan fingerprint density at radius 1 is 1.44 bits per heavy atom. The lowest BCUT2D eigenvalue weighted by Gasteiger charge is -2.10. The van der Waals surface area contributed by atoms with Crippen LogP contribution >= 0.6 is 0 Å². The van der Waals surface area contributed by atoms with Gasteiger partial charge >= 0.3 is 5.97 Å². The zero-order chi connectivity index (χ0) is 13.7. The Hall–Kier alpha value is -2.08. The maximum Gasteiger partial charge on any atom is 0.335 e. The first-order chi connectivity index (χ1) is 8.40. The Balaban J connectivity index is 2.68. The largest absolute Gasteiger partial charge is 0.478 e. The fourth-order valence-corrected chi connectivity index (χ4v) is 1.24. The number of nitrogens with one attached hydrogen (secondary N) is 1. The second kappa shape index (κ2) is 6.02. The molecular formula is C12H16N2O4.